The maximum absolute atomic E-state index is 12.7. The van der Waals surface area contributed by atoms with Gasteiger partial charge in [0.2, 0.25) is 5.91 Å². The maximum Gasteiger partial charge on any atom is 0.237 e. The molecule has 0 saturated carbocycles. The predicted octanol–water partition coefficient (Wildman–Crippen LogP) is 2.53. The highest BCUT2D eigenvalue weighted by Crippen LogP contribution is 2.18. The van der Waals surface area contributed by atoms with Crippen LogP contribution in [0.2, 0.25) is 5.02 Å². The minimum Gasteiger partial charge on any atom is -0.396 e. The topological polar surface area (TPSA) is 55.8 Å². The van der Waals surface area contributed by atoms with Gasteiger partial charge in [0.25, 0.3) is 0 Å². The first kappa shape index (κ1) is 19.7. The zero-order valence-electron chi connectivity index (χ0n) is 15.4. The van der Waals surface area contributed by atoms with Gasteiger partial charge >= 0.3 is 0 Å². The lowest BCUT2D eigenvalue weighted by Crippen LogP contribution is -2.55. The molecule has 1 saturated heterocycles. The third-order valence-corrected chi connectivity index (χ3v) is 5.36. The molecule has 2 aromatic carbocycles. The van der Waals surface area contributed by atoms with Crippen LogP contribution in [-0.2, 0) is 11.3 Å². The van der Waals surface area contributed by atoms with Crippen LogP contribution in [0.5, 0.6) is 0 Å². The highest BCUT2D eigenvalue weighted by atomic mass is 35.5. The maximum atomic E-state index is 12.7. The molecule has 2 aromatic rings. The van der Waals surface area contributed by atoms with Crippen LogP contribution in [0, 0.1) is 0 Å². The molecule has 1 aliphatic rings. The second kappa shape index (κ2) is 9.74. The number of piperazine rings is 1. The lowest BCUT2D eigenvalue weighted by molar-refractivity contribution is -0.127. The van der Waals surface area contributed by atoms with Crippen molar-refractivity contribution >= 4 is 23.2 Å². The number of amides is 1. The molecular formula is C21H26ClN3O2. The van der Waals surface area contributed by atoms with E-state index in [0.29, 0.717) is 18.0 Å². The smallest absolute Gasteiger partial charge is 0.237 e. The fraction of sp³-hybridized carbons (Fsp3) is 0.381. The van der Waals surface area contributed by atoms with Gasteiger partial charge in [0.15, 0.2) is 0 Å². The monoisotopic (exact) mass is 387 g/mol. The lowest BCUT2D eigenvalue weighted by atomic mass is 10.1. The molecule has 0 spiro atoms. The fourth-order valence-electron chi connectivity index (χ4n) is 3.47. The number of carbonyl (C=O) groups excluding carboxylic acids is 1. The van der Waals surface area contributed by atoms with E-state index in [0.717, 1.165) is 31.7 Å². The molecule has 1 aliphatic heterocycles. The van der Waals surface area contributed by atoms with Gasteiger partial charge in [-0.25, -0.2) is 0 Å². The fourth-order valence-corrected chi connectivity index (χ4v) is 3.68. The van der Waals surface area contributed by atoms with E-state index < -0.39 is 0 Å². The molecule has 27 heavy (non-hydrogen) atoms. The van der Waals surface area contributed by atoms with Crippen LogP contribution in [0.25, 0.3) is 0 Å². The summed E-state index contributed by atoms with van der Waals surface area (Å²) in [4.78, 5) is 17.2. The zero-order valence-corrected chi connectivity index (χ0v) is 16.1. The summed E-state index contributed by atoms with van der Waals surface area (Å²) in [5.74, 6) is -0.0582. The number of hydrogen-bond acceptors (Lipinski definition) is 4. The second-order valence-electron chi connectivity index (χ2n) is 6.70. The second-order valence-corrected chi connectivity index (χ2v) is 7.10. The number of aliphatic hydroxyl groups excluding tert-OH is 1. The van der Waals surface area contributed by atoms with Crippen LogP contribution in [-0.4, -0.2) is 54.7 Å². The van der Waals surface area contributed by atoms with Crippen molar-refractivity contribution < 1.29 is 9.90 Å². The number of carbonyl (C=O) groups is 1. The van der Waals surface area contributed by atoms with E-state index in [2.05, 4.69) is 27.2 Å². The first-order chi connectivity index (χ1) is 13.2. The summed E-state index contributed by atoms with van der Waals surface area (Å²) in [7, 11) is 0. The minimum absolute atomic E-state index is 0.0108. The van der Waals surface area contributed by atoms with Crippen molar-refractivity contribution in [2.75, 3.05) is 37.7 Å². The number of hydrogen-bond donors (Lipinski definition) is 2. The third-order valence-electron chi connectivity index (χ3n) is 4.99. The van der Waals surface area contributed by atoms with E-state index in [9.17, 15) is 9.90 Å². The molecule has 2 N–H and O–H groups in total. The van der Waals surface area contributed by atoms with Crippen LogP contribution in [0.3, 0.4) is 0 Å². The van der Waals surface area contributed by atoms with Crippen LogP contribution in [0.4, 0.5) is 5.69 Å². The van der Waals surface area contributed by atoms with Crippen molar-refractivity contribution in [3.8, 4) is 0 Å². The Morgan fingerprint density at radius 2 is 1.70 bits per heavy atom. The summed E-state index contributed by atoms with van der Waals surface area (Å²) in [5, 5.41) is 13.1. The number of rotatable bonds is 7. The molecule has 5 nitrogen and oxygen atoms in total. The highest BCUT2D eigenvalue weighted by Gasteiger charge is 2.28. The van der Waals surface area contributed by atoms with Crippen molar-refractivity contribution in [3.63, 3.8) is 0 Å². The minimum atomic E-state index is -0.324. The van der Waals surface area contributed by atoms with E-state index in [1.165, 1.54) is 5.69 Å². The van der Waals surface area contributed by atoms with Gasteiger partial charge < -0.3 is 15.3 Å². The summed E-state index contributed by atoms with van der Waals surface area (Å²) in [6.07, 6.45) is 0.430. The summed E-state index contributed by atoms with van der Waals surface area (Å²) >= 11 is 6.16. The number of nitrogens with one attached hydrogen (secondary N) is 1. The van der Waals surface area contributed by atoms with Gasteiger partial charge in [-0.2, -0.15) is 0 Å². The number of halogens is 1. The predicted molar refractivity (Wildman–Crippen MR) is 109 cm³/mol. The highest BCUT2D eigenvalue weighted by molar-refractivity contribution is 6.31. The Bertz CT molecular complexity index is 733. The van der Waals surface area contributed by atoms with Gasteiger partial charge in [-0.3, -0.25) is 9.69 Å². The average molecular weight is 388 g/mol. The molecule has 1 atom stereocenters. The lowest BCUT2D eigenvalue weighted by Gasteiger charge is -2.39. The molecule has 1 heterocycles. The number of aliphatic hydroxyl groups is 1. The molecule has 0 aromatic heterocycles. The standard InChI is InChI=1S/C21H26ClN3O2/c22-19-9-5-4-6-17(19)16-23-21(27)20(10-15-26)25-13-11-24(12-14-25)18-7-2-1-3-8-18/h1-9,20,26H,10-16H2,(H,23,27). The van der Waals surface area contributed by atoms with Gasteiger partial charge in [0.1, 0.15) is 0 Å². The Kier molecular flexibility index (Phi) is 7.10. The number of para-hydroxylation sites is 1. The number of benzene rings is 2. The van der Waals surface area contributed by atoms with E-state index in [4.69, 9.17) is 11.6 Å². The average Bonchev–Trinajstić information content (AvgIpc) is 2.72. The van der Waals surface area contributed by atoms with Crippen molar-refractivity contribution in [3.05, 3.63) is 65.2 Å². The molecule has 0 bridgehead atoms. The Hall–Kier alpha value is -2.08. The van der Waals surface area contributed by atoms with Gasteiger partial charge in [-0.1, -0.05) is 48.0 Å². The Balaban J connectivity index is 1.57. The molecular weight excluding hydrogens is 362 g/mol. The molecule has 3 rings (SSSR count). The van der Waals surface area contributed by atoms with Gasteiger partial charge in [0, 0.05) is 50.0 Å². The molecule has 144 valence electrons. The Labute approximate surface area is 165 Å². The van der Waals surface area contributed by atoms with Crippen molar-refractivity contribution in [2.24, 2.45) is 0 Å². The van der Waals surface area contributed by atoms with Crippen molar-refractivity contribution in [2.45, 2.75) is 19.0 Å². The SMILES string of the molecule is O=C(NCc1ccccc1Cl)C(CCO)N1CCN(c2ccccc2)CC1. The molecule has 1 unspecified atom stereocenters. The van der Waals surface area contributed by atoms with Gasteiger partial charge in [-0.05, 0) is 30.2 Å². The first-order valence-electron chi connectivity index (χ1n) is 9.35. The van der Waals surface area contributed by atoms with Gasteiger partial charge in [0.05, 0.1) is 6.04 Å². The van der Waals surface area contributed by atoms with E-state index in [1.54, 1.807) is 0 Å². The quantitative estimate of drug-likeness (QED) is 0.766. The van der Waals surface area contributed by atoms with E-state index in [-0.39, 0.29) is 18.6 Å². The first-order valence-corrected chi connectivity index (χ1v) is 9.73. The third kappa shape index (κ3) is 5.22. The normalized spacial score (nSPS) is 16.1. The Morgan fingerprint density at radius 1 is 1.04 bits per heavy atom. The molecule has 0 radical (unpaired) electrons. The summed E-state index contributed by atoms with van der Waals surface area (Å²) in [5.41, 5.74) is 2.10. The van der Waals surface area contributed by atoms with Crippen molar-refractivity contribution in [1.29, 1.82) is 0 Å². The number of nitrogens with zero attached hydrogens (tertiary/aromatic N) is 2. The van der Waals surface area contributed by atoms with E-state index in [1.807, 2.05) is 42.5 Å². The number of anilines is 1. The largest absolute Gasteiger partial charge is 0.396 e. The van der Waals surface area contributed by atoms with E-state index >= 15 is 0 Å². The Morgan fingerprint density at radius 3 is 2.37 bits per heavy atom. The van der Waals surface area contributed by atoms with Crippen LogP contribution < -0.4 is 10.2 Å². The summed E-state index contributed by atoms with van der Waals surface area (Å²) < 4.78 is 0. The molecule has 1 fully saturated rings. The summed E-state index contributed by atoms with van der Waals surface area (Å²) in [6, 6.07) is 17.5. The van der Waals surface area contributed by atoms with Crippen LogP contribution in [0.1, 0.15) is 12.0 Å². The molecule has 0 aliphatic carbocycles. The van der Waals surface area contributed by atoms with Crippen LogP contribution in [0.15, 0.2) is 54.6 Å². The van der Waals surface area contributed by atoms with Gasteiger partial charge in [-0.15, -0.1) is 0 Å². The molecule has 1 amide bonds. The molecule has 6 heteroatoms. The zero-order chi connectivity index (χ0) is 19.1. The van der Waals surface area contributed by atoms with Crippen LogP contribution >= 0.6 is 11.6 Å². The van der Waals surface area contributed by atoms with Crippen molar-refractivity contribution in [1.82, 2.24) is 10.2 Å². The summed E-state index contributed by atoms with van der Waals surface area (Å²) in [6.45, 7) is 3.69.